The van der Waals surface area contributed by atoms with Crippen LogP contribution in [0.15, 0.2) is 84.0 Å². The second-order valence-corrected chi connectivity index (χ2v) is 7.02. The summed E-state index contributed by atoms with van der Waals surface area (Å²) in [6, 6.07) is 21.1. The van der Waals surface area contributed by atoms with Gasteiger partial charge in [-0.1, -0.05) is 42.5 Å². The SMILES string of the molecule is CC(=O)c1cccc(NC(=O)[C@@H](Sc2cccc[n+]2[O-])c2ccccc2)c1. The van der Waals surface area contributed by atoms with Crippen molar-refractivity contribution in [2.45, 2.75) is 17.2 Å². The first kappa shape index (κ1) is 18.7. The van der Waals surface area contributed by atoms with Gasteiger partial charge in [-0.15, -0.1) is 0 Å². The predicted molar refractivity (Wildman–Crippen MR) is 106 cm³/mol. The number of ketones is 1. The lowest BCUT2D eigenvalue weighted by Crippen LogP contribution is -2.29. The number of carbonyl (C=O) groups is 2. The molecule has 1 atom stereocenters. The lowest BCUT2D eigenvalue weighted by Gasteiger charge is -2.16. The van der Waals surface area contributed by atoms with Gasteiger partial charge in [0, 0.05) is 23.4 Å². The first-order valence-corrected chi connectivity index (χ1v) is 9.24. The fourth-order valence-electron chi connectivity index (χ4n) is 2.55. The third-order valence-corrected chi connectivity index (χ3v) is 5.18. The summed E-state index contributed by atoms with van der Waals surface area (Å²) < 4.78 is 0.740. The number of hydrogen-bond donors (Lipinski definition) is 1. The van der Waals surface area contributed by atoms with E-state index in [4.69, 9.17) is 0 Å². The topological polar surface area (TPSA) is 73.1 Å². The average Bonchev–Trinajstić information content (AvgIpc) is 2.68. The second kappa shape index (κ2) is 8.51. The van der Waals surface area contributed by atoms with Gasteiger partial charge in [-0.05, 0) is 42.4 Å². The van der Waals surface area contributed by atoms with Crippen LogP contribution in [0.1, 0.15) is 28.1 Å². The van der Waals surface area contributed by atoms with Gasteiger partial charge >= 0.3 is 0 Å². The summed E-state index contributed by atoms with van der Waals surface area (Å²) in [5, 5.41) is 14.7. The van der Waals surface area contributed by atoms with E-state index < -0.39 is 5.25 Å². The van der Waals surface area contributed by atoms with Gasteiger partial charge in [0.25, 0.3) is 5.03 Å². The number of benzene rings is 2. The number of hydrogen-bond acceptors (Lipinski definition) is 4. The van der Waals surface area contributed by atoms with Crippen LogP contribution in [-0.4, -0.2) is 11.7 Å². The van der Waals surface area contributed by atoms with Crippen LogP contribution < -0.4 is 10.0 Å². The first-order valence-electron chi connectivity index (χ1n) is 8.36. The van der Waals surface area contributed by atoms with Crippen LogP contribution in [0.5, 0.6) is 0 Å². The van der Waals surface area contributed by atoms with E-state index in [1.807, 2.05) is 30.3 Å². The number of amides is 1. The predicted octanol–water partition coefficient (Wildman–Crippen LogP) is 3.99. The number of pyridine rings is 1. The van der Waals surface area contributed by atoms with E-state index in [-0.39, 0.29) is 11.7 Å². The molecule has 0 saturated carbocycles. The molecule has 6 heteroatoms. The third kappa shape index (κ3) is 4.74. The average molecular weight is 378 g/mol. The smallest absolute Gasteiger partial charge is 0.252 e. The Morgan fingerprint density at radius 2 is 1.74 bits per heavy atom. The Hall–Kier alpha value is -3.12. The normalized spacial score (nSPS) is 11.6. The Labute approximate surface area is 161 Å². The molecule has 0 saturated heterocycles. The van der Waals surface area contributed by atoms with E-state index in [0.29, 0.717) is 16.3 Å². The van der Waals surface area contributed by atoms with Crippen molar-refractivity contribution in [1.29, 1.82) is 0 Å². The molecule has 0 aliphatic rings. The molecule has 0 spiro atoms. The number of carbonyl (C=O) groups excluding carboxylic acids is 2. The molecule has 1 aromatic heterocycles. The molecular formula is C21H18N2O3S. The molecule has 0 unspecified atom stereocenters. The van der Waals surface area contributed by atoms with Gasteiger partial charge in [0.2, 0.25) is 5.91 Å². The van der Waals surface area contributed by atoms with Crippen molar-refractivity contribution in [3.8, 4) is 0 Å². The van der Waals surface area contributed by atoms with Gasteiger partial charge < -0.3 is 10.5 Å². The van der Waals surface area contributed by atoms with Crippen LogP contribution in [0.25, 0.3) is 0 Å². The number of nitrogens with one attached hydrogen (secondary N) is 1. The van der Waals surface area contributed by atoms with E-state index in [2.05, 4.69) is 5.32 Å². The van der Waals surface area contributed by atoms with Crippen molar-refractivity contribution < 1.29 is 14.3 Å². The van der Waals surface area contributed by atoms with Gasteiger partial charge in [0.15, 0.2) is 12.0 Å². The molecule has 0 radical (unpaired) electrons. The van der Waals surface area contributed by atoms with Crippen molar-refractivity contribution in [3.05, 3.63) is 95.3 Å². The first-order chi connectivity index (χ1) is 13.0. The van der Waals surface area contributed by atoms with E-state index in [1.54, 1.807) is 42.5 Å². The summed E-state index contributed by atoms with van der Waals surface area (Å²) in [6.07, 6.45) is 1.40. The maximum atomic E-state index is 13.0. The molecule has 0 aliphatic heterocycles. The van der Waals surface area contributed by atoms with Crippen LogP contribution in [-0.2, 0) is 4.79 Å². The lowest BCUT2D eigenvalue weighted by atomic mass is 10.1. The molecule has 0 fully saturated rings. The summed E-state index contributed by atoms with van der Waals surface area (Å²) in [4.78, 5) is 24.5. The molecule has 0 bridgehead atoms. The minimum absolute atomic E-state index is 0.0724. The van der Waals surface area contributed by atoms with Gasteiger partial charge in [0.1, 0.15) is 5.25 Å². The fourth-order valence-corrected chi connectivity index (χ4v) is 3.57. The quantitative estimate of drug-likeness (QED) is 0.305. The monoisotopic (exact) mass is 378 g/mol. The largest absolute Gasteiger partial charge is 0.618 e. The summed E-state index contributed by atoms with van der Waals surface area (Å²) in [5.41, 5.74) is 1.85. The fraction of sp³-hybridized carbons (Fsp3) is 0.0952. The van der Waals surface area contributed by atoms with Crippen LogP contribution in [0, 0.1) is 5.21 Å². The molecule has 27 heavy (non-hydrogen) atoms. The van der Waals surface area contributed by atoms with Gasteiger partial charge in [-0.25, -0.2) is 0 Å². The zero-order valence-electron chi connectivity index (χ0n) is 14.7. The van der Waals surface area contributed by atoms with Crippen molar-refractivity contribution in [2.75, 3.05) is 5.32 Å². The van der Waals surface area contributed by atoms with Gasteiger partial charge in [-0.3, -0.25) is 9.59 Å². The van der Waals surface area contributed by atoms with Crippen LogP contribution in [0.3, 0.4) is 0 Å². The summed E-state index contributed by atoms with van der Waals surface area (Å²) in [6.45, 7) is 1.48. The number of aromatic nitrogens is 1. The number of anilines is 1. The molecule has 1 N–H and O–H groups in total. The Kier molecular flexibility index (Phi) is 5.88. The maximum absolute atomic E-state index is 13.0. The molecule has 2 aromatic carbocycles. The Morgan fingerprint density at radius 3 is 2.44 bits per heavy atom. The Morgan fingerprint density at radius 1 is 1.00 bits per heavy atom. The number of thioether (sulfide) groups is 1. The molecule has 0 aliphatic carbocycles. The second-order valence-electron chi connectivity index (χ2n) is 5.90. The zero-order valence-corrected chi connectivity index (χ0v) is 15.5. The van der Waals surface area contributed by atoms with E-state index in [0.717, 1.165) is 10.3 Å². The van der Waals surface area contributed by atoms with Gasteiger partial charge in [0.05, 0.1) is 0 Å². The van der Waals surface area contributed by atoms with Crippen LogP contribution in [0.4, 0.5) is 5.69 Å². The van der Waals surface area contributed by atoms with E-state index in [9.17, 15) is 14.8 Å². The van der Waals surface area contributed by atoms with E-state index in [1.165, 1.54) is 24.9 Å². The van der Waals surface area contributed by atoms with Crippen molar-refractivity contribution in [1.82, 2.24) is 0 Å². The highest BCUT2D eigenvalue weighted by Gasteiger charge is 2.25. The number of nitrogens with zero attached hydrogens (tertiary/aromatic N) is 1. The van der Waals surface area contributed by atoms with Crippen molar-refractivity contribution in [3.63, 3.8) is 0 Å². The summed E-state index contributed by atoms with van der Waals surface area (Å²) >= 11 is 1.18. The van der Waals surface area contributed by atoms with Crippen LogP contribution >= 0.6 is 11.8 Å². The standard InChI is InChI=1S/C21H18N2O3S/c1-15(24)17-10-7-11-18(14-17)22-21(25)20(16-8-3-2-4-9-16)27-19-12-5-6-13-23(19)26/h2-14,20H,1H3,(H,22,25)/t20-/m0/s1. The molecule has 1 amide bonds. The zero-order chi connectivity index (χ0) is 19.2. The molecular weight excluding hydrogens is 360 g/mol. The molecule has 3 rings (SSSR count). The van der Waals surface area contributed by atoms with Crippen LogP contribution in [0.2, 0.25) is 0 Å². The third-order valence-electron chi connectivity index (χ3n) is 3.90. The molecule has 5 nitrogen and oxygen atoms in total. The van der Waals surface area contributed by atoms with Gasteiger partial charge in [-0.2, -0.15) is 4.73 Å². The summed E-state index contributed by atoms with van der Waals surface area (Å²) in [7, 11) is 0. The highest BCUT2D eigenvalue weighted by Crippen LogP contribution is 2.34. The van der Waals surface area contributed by atoms with E-state index >= 15 is 0 Å². The van der Waals surface area contributed by atoms with Crippen molar-refractivity contribution >= 4 is 29.1 Å². The molecule has 136 valence electrons. The van der Waals surface area contributed by atoms with Crippen molar-refractivity contribution in [2.24, 2.45) is 0 Å². The number of Topliss-reactive ketones (excluding diaryl/α,β-unsaturated/α-hetero) is 1. The highest BCUT2D eigenvalue weighted by molar-refractivity contribution is 8.00. The Bertz CT molecular complexity index is 960. The maximum Gasteiger partial charge on any atom is 0.252 e. The number of rotatable bonds is 6. The highest BCUT2D eigenvalue weighted by atomic mass is 32.2. The molecule has 1 heterocycles. The lowest BCUT2D eigenvalue weighted by molar-refractivity contribution is -0.645. The minimum atomic E-state index is -0.616. The minimum Gasteiger partial charge on any atom is -0.618 e. The summed E-state index contributed by atoms with van der Waals surface area (Å²) in [5.74, 6) is -0.340. The Balaban J connectivity index is 1.88. The molecule has 3 aromatic rings.